The topological polar surface area (TPSA) is 289 Å². The highest BCUT2D eigenvalue weighted by Crippen LogP contribution is 2.32. The first kappa shape index (κ1) is 59.9. The minimum atomic E-state index is -1.61. The quantitative estimate of drug-likeness (QED) is 0.0881. The molecule has 0 radical (unpaired) electrons. The highest BCUT2D eigenvalue weighted by molar-refractivity contribution is 6.30. The number of ether oxygens (including phenoxy) is 3. The monoisotopic (exact) mass is 1210 g/mol. The number of imide groups is 3. The van der Waals surface area contributed by atoms with Crippen LogP contribution in [0.2, 0.25) is 5.02 Å². The second kappa shape index (κ2) is 24.4. The third-order valence-electron chi connectivity index (χ3n) is 14.7. The van der Waals surface area contributed by atoms with Gasteiger partial charge in [0, 0.05) is 77.8 Å². The fourth-order valence-corrected chi connectivity index (χ4v) is 10.4. The Hall–Kier alpha value is -11.3. The molecule has 3 atom stereocenters. The molecule has 0 saturated carbocycles. The maximum Gasteiger partial charge on any atom is 0.323 e. The third kappa shape index (κ3) is 12.4. The van der Waals surface area contributed by atoms with Gasteiger partial charge in [-0.3, -0.25) is 54.7 Å². The van der Waals surface area contributed by atoms with E-state index in [9.17, 15) is 47.5 Å². The zero-order valence-electron chi connectivity index (χ0n) is 47.5. The average molecular weight is 1210 g/mol. The van der Waals surface area contributed by atoms with Crippen LogP contribution < -0.4 is 46.1 Å². The van der Waals surface area contributed by atoms with E-state index in [4.69, 9.17) is 25.8 Å². The Bertz CT molecular complexity index is 4030. The predicted molar refractivity (Wildman–Crippen MR) is 311 cm³/mol. The van der Waals surface area contributed by atoms with E-state index in [2.05, 4.69) is 77.4 Å². The van der Waals surface area contributed by atoms with Gasteiger partial charge in [-0.15, -0.1) is 0 Å². The van der Waals surface area contributed by atoms with Crippen LogP contribution in [0, 0.1) is 55.2 Å². The number of methoxy groups -OCH3 is 3. The zero-order chi connectivity index (χ0) is 62.7. The Kier molecular flexibility index (Phi) is 16.6. The van der Waals surface area contributed by atoms with E-state index in [0.717, 1.165) is 22.3 Å². The van der Waals surface area contributed by atoms with Gasteiger partial charge in [0.2, 0.25) is 16.6 Å². The summed E-state index contributed by atoms with van der Waals surface area (Å²) in [6.45, 7) is 4.15. The Morgan fingerprint density at radius 3 is 1.24 bits per heavy atom. The molecule has 23 nitrogen and oxygen atoms in total. The predicted octanol–water partition coefficient (Wildman–Crippen LogP) is 4.04. The molecule has 6 aliphatic heterocycles. The molecule has 0 unspecified atom stereocenters. The summed E-state index contributed by atoms with van der Waals surface area (Å²) in [7, 11) is 4.56. The fourth-order valence-electron chi connectivity index (χ4n) is 10.2. The van der Waals surface area contributed by atoms with E-state index in [-0.39, 0.29) is 43.9 Å². The maximum atomic E-state index is 13.4. The standard InChI is InChI=1S/C22H18FN3O4.C21H18N4O4.C20H15ClN4O4/c1-13-9-16(23)5-3-14(13)7-8-22(20(28)24-21(29)25-22)12-26-11-15-4-6-17(30-2)10-18(15)19(26)27;1-13-7-14(10-22-9-13)5-6-21(19(27)23-20(28)24-21)12-25-11-15-3-4-16(29-2)8-17(15)18(25)26;1-29-15-3-2-13-10-25(17(26)16(13)7-15)11-20(18(27)23-19(28)24-20)5-4-12-6-14(21)9-22-8-12/h3-6,9-10H,11-12H2,1-2H3,(H2,24,25,28,29);3-4,7-10H,11-12H2,1-2H3,(H2,23,24,27,28);2-3,6-9H,10-11H2,1H3,(H2,23,24,27,28)/t22-;21-;20-/m111/s1. The van der Waals surface area contributed by atoms with E-state index < -0.39 is 58.2 Å². The second-order valence-electron chi connectivity index (χ2n) is 20.8. The number of urea groups is 3. The molecule has 444 valence electrons. The fraction of sp³-hybridized carbons (Fsp3) is 0.222. The first-order chi connectivity index (χ1) is 42.1. The third-order valence-corrected chi connectivity index (χ3v) is 14.9. The van der Waals surface area contributed by atoms with Crippen molar-refractivity contribution in [2.24, 2.45) is 0 Å². The van der Waals surface area contributed by atoms with Gasteiger partial charge in [0.05, 0.1) is 46.0 Å². The molecule has 0 bridgehead atoms. The van der Waals surface area contributed by atoms with Crippen LogP contribution in [0.15, 0.2) is 110 Å². The van der Waals surface area contributed by atoms with Crippen LogP contribution in [0.1, 0.15) is 75.6 Å². The van der Waals surface area contributed by atoms with Crippen molar-refractivity contribution in [1.29, 1.82) is 0 Å². The molecule has 6 aliphatic rings. The molecule has 12 rings (SSSR count). The van der Waals surface area contributed by atoms with Gasteiger partial charge in [0.15, 0.2) is 0 Å². The molecule has 88 heavy (non-hydrogen) atoms. The van der Waals surface area contributed by atoms with Crippen molar-refractivity contribution >= 4 is 65.1 Å². The van der Waals surface area contributed by atoms with E-state index in [1.165, 1.54) is 66.6 Å². The van der Waals surface area contributed by atoms with Crippen molar-refractivity contribution in [1.82, 2.24) is 56.6 Å². The maximum absolute atomic E-state index is 13.4. The van der Waals surface area contributed by atoms with E-state index in [1.807, 2.05) is 19.1 Å². The molecule has 6 N–H and O–H groups in total. The van der Waals surface area contributed by atoms with Crippen molar-refractivity contribution in [2.75, 3.05) is 41.0 Å². The summed E-state index contributed by atoms with van der Waals surface area (Å²) in [6, 6.07) is 21.2. The first-order valence-corrected chi connectivity index (χ1v) is 27.2. The lowest BCUT2D eigenvalue weighted by Gasteiger charge is -2.26. The summed E-state index contributed by atoms with van der Waals surface area (Å²) >= 11 is 5.92. The molecule has 4 aromatic carbocycles. The number of nitrogens with one attached hydrogen (secondary N) is 6. The first-order valence-electron chi connectivity index (χ1n) is 26.8. The number of hydrogen-bond acceptors (Lipinski definition) is 14. The van der Waals surface area contributed by atoms with Crippen molar-refractivity contribution in [3.05, 3.63) is 182 Å². The number of carbonyl (C=O) groups excluding carboxylic acids is 9. The highest BCUT2D eigenvalue weighted by atomic mass is 35.5. The second-order valence-corrected chi connectivity index (χ2v) is 21.3. The highest BCUT2D eigenvalue weighted by Gasteiger charge is 2.51. The molecule has 0 spiro atoms. The minimum Gasteiger partial charge on any atom is -0.497 e. The van der Waals surface area contributed by atoms with Crippen molar-refractivity contribution in [2.45, 2.75) is 50.1 Å². The number of hydrogen-bond donors (Lipinski definition) is 6. The van der Waals surface area contributed by atoms with Crippen molar-refractivity contribution in [3.8, 4) is 52.8 Å². The molecule has 8 heterocycles. The normalized spacial score (nSPS) is 19.9. The van der Waals surface area contributed by atoms with Crippen LogP contribution in [0.5, 0.6) is 17.2 Å². The lowest BCUT2D eigenvalue weighted by atomic mass is 9.98. The number of rotatable bonds is 9. The van der Waals surface area contributed by atoms with Gasteiger partial charge in [0.25, 0.3) is 35.4 Å². The molecule has 2 aromatic heterocycles. The number of pyridine rings is 2. The van der Waals surface area contributed by atoms with Crippen molar-refractivity contribution < 1.29 is 61.8 Å². The molecule has 3 saturated heterocycles. The van der Waals surface area contributed by atoms with Crippen LogP contribution >= 0.6 is 11.6 Å². The van der Waals surface area contributed by atoms with Gasteiger partial charge >= 0.3 is 18.1 Å². The van der Waals surface area contributed by atoms with Gasteiger partial charge in [-0.25, -0.2) is 18.8 Å². The van der Waals surface area contributed by atoms with Gasteiger partial charge in [-0.05, 0) is 108 Å². The SMILES string of the molecule is COc1ccc2c(c1)C(=O)N(C[C@@]1(C#Cc3ccc(F)cc3C)NC(=O)NC1=O)C2.COc1ccc2c(c1)C(=O)N(C[C@@]1(C#Cc3cncc(C)c3)NC(=O)NC1=O)C2.COc1ccc2c(c1)C(=O)N(C[C@@]1(C#Cc3cncc(Cl)c3)NC(=O)NC1=O)C2. The zero-order valence-corrected chi connectivity index (χ0v) is 48.3. The molecule has 6 aromatic rings. The summed E-state index contributed by atoms with van der Waals surface area (Å²) in [5.74, 6) is 15.7. The molecule has 3 fully saturated rings. The van der Waals surface area contributed by atoms with Gasteiger partial charge in [-0.2, -0.15) is 0 Å². The van der Waals surface area contributed by atoms with Crippen LogP contribution in [-0.2, 0) is 34.0 Å². The minimum absolute atomic E-state index is 0.0767. The number of carbonyl (C=O) groups is 9. The summed E-state index contributed by atoms with van der Waals surface area (Å²) < 4.78 is 28.9. The average Bonchev–Trinajstić information content (AvgIpc) is 2.10. The van der Waals surface area contributed by atoms with E-state index >= 15 is 0 Å². The number of benzene rings is 4. The molecular formula is C63H51ClFN11O12. The molecule has 0 aliphatic carbocycles. The number of amides is 12. The number of halogens is 2. The Balaban J connectivity index is 0.000000146. The number of aryl methyl sites for hydroxylation is 2. The van der Waals surface area contributed by atoms with Crippen LogP contribution in [-0.4, -0.2) is 136 Å². The van der Waals surface area contributed by atoms with Gasteiger partial charge in [-0.1, -0.05) is 65.3 Å². The molecule has 25 heteroatoms. The number of fused-ring (bicyclic) bond motifs is 3. The summed E-state index contributed by atoms with van der Waals surface area (Å²) in [5, 5.41) is 14.7. The Labute approximate surface area is 507 Å². The van der Waals surface area contributed by atoms with Crippen LogP contribution in [0.4, 0.5) is 18.8 Å². The van der Waals surface area contributed by atoms with Crippen LogP contribution in [0.3, 0.4) is 0 Å². The summed E-state index contributed by atoms with van der Waals surface area (Å²) in [5.41, 5.74) is 2.31. The summed E-state index contributed by atoms with van der Waals surface area (Å²) in [4.78, 5) is 124. The number of nitrogens with zero attached hydrogens (tertiary/aromatic N) is 5. The molecular weight excluding hydrogens is 1160 g/mol. The van der Waals surface area contributed by atoms with Gasteiger partial charge in [0.1, 0.15) is 23.1 Å². The Morgan fingerprint density at radius 1 is 0.500 bits per heavy atom. The number of aromatic nitrogens is 2. The largest absolute Gasteiger partial charge is 0.497 e. The van der Waals surface area contributed by atoms with Crippen molar-refractivity contribution in [3.63, 3.8) is 0 Å². The van der Waals surface area contributed by atoms with Crippen LogP contribution in [0.25, 0.3) is 0 Å². The Morgan fingerprint density at radius 2 is 0.886 bits per heavy atom. The smallest absolute Gasteiger partial charge is 0.323 e. The lowest BCUT2D eigenvalue weighted by Crippen LogP contribution is -2.54. The molecule has 12 amide bonds. The van der Waals surface area contributed by atoms with E-state index in [0.29, 0.717) is 74.3 Å². The van der Waals surface area contributed by atoms with Gasteiger partial charge < -0.3 is 44.9 Å². The lowest BCUT2D eigenvalue weighted by molar-refractivity contribution is -0.123. The summed E-state index contributed by atoms with van der Waals surface area (Å²) in [6.07, 6.45) is 6.22. The van der Waals surface area contributed by atoms with E-state index in [1.54, 1.807) is 73.9 Å².